The van der Waals surface area contributed by atoms with Crippen LogP contribution < -0.4 is 5.32 Å². The van der Waals surface area contributed by atoms with Gasteiger partial charge in [0.1, 0.15) is 5.82 Å². The molecule has 0 amide bonds. The summed E-state index contributed by atoms with van der Waals surface area (Å²) in [6.07, 6.45) is 4.26. The van der Waals surface area contributed by atoms with Crippen LogP contribution in [0.2, 0.25) is 0 Å². The molecule has 0 saturated heterocycles. The highest BCUT2D eigenvalue weighted by Gasteiger charge is 2.10. The third-order valence-electron chi connectivity index (χ3n) is 3.25. The Balaban J connectivity index is 2.42. The molecule has 0 spiro atoms. The van der Waals surface area contributed by atoms with Crippen molar-refractivity contribution in [2.24, 2.45) is 0 Å². The minimum atomic E-state index is 0.488. The van der Waals surface area contributed by atoms with E-state index in [0.29, 0.717) is 6.04 Å². The average molecular weight is 245 g/mol. The van der Waals surface area contributed by atoms with Crippen LogP contribution in [-0.2, 0) is 19.4 Å². The van der Waals surface area contributed by atoms with E-state index in [1.165, 1.54) is 11.1 Å². The van der Waals surface area contributed by atoms with Crippen LogP contribution in [-0.4, -0.2) is 15.4 Å². The molecule has 0 aliphatic heterocycles. The van der Waals surface area contributed by atoms with Crippen LogP contribution in [0, 0.1) is 0 Å². The van der Waals surface area contributed by atoms with E-state index in [1.54, 1.807) is 0 Å². The topological polar surface area (TPSA) is 29.3 Å². The van der Waals surface area contributed by atoms with Crippen molar-refractivity contribution in [1.82, 2.24) is 14.7 Å². The van der Waals surface area contributed by atoms with Gasteiger partial charge >= 0.3 is 0 Å². The van der Waals surface area contributed by atoms with Crippen molar-refractivity contribution in [2.45, 2.75) is 53.1 Å². The first-order valence-corrected chi connectivity index (χ1v) is 6.87. The van der Waals surface area contributed by atoms with Gasteiger partial charge in [-0.05, 0) is 18.1 Å². The van der Waals surface area contributed by atoms with Crippen molar-refractivity contribution >= 4 is 5.52 Å². The average Bonchev–Trinajstić information content (AvgIpc) is 2.73. The second kappa shape index (κ2) is 5.53. The Labute approximate surface area is 109 Å². The number of aromatic nitrogens is 2. The molecule has 2 heterocycles. The van der Waals surface area contributed by atoms with E-state index in [2.05, 4.69) is 55.7 Å². The molecule has 1 N–H and O–H groups in total. The number of hydrogen-bond acceptors (Lipinski definition) is 2. The number of nitrogens with zero attached hydrogens (tertiary/aromatic N) is 2. The van der Waals surface area contributed by atoms with Gasteiger partial charge in [-0.1, -0.05) is 33.8 Å². The lowest BCUT2D eigenvalue weighted by Crippen LogP contribution is -2.22. The zero-order valence-electron chi connectivity index (χ0n) is 11.8. The van der Waals surface area contributed by atoms with E-state index in [0.717, 1.165) is 30.9 Å². The maximum Gasteiger partial charge on any atom is 0.113 e. The largest absolute Gasteiger partial charge is 0.309 e. The number of hydrogen-bond donors (Lipinski definition) is 1. The van der Waals surface area contributed by atoms with Gasteiger partial charge in [-0.2, -0.15) is 0 Å². The van der Waals surface area contributed by atoms with Crippen molar-refractivity contribution in [3.63, 3.8) is 0 Å². The van der Waals surface area contributed by atoms with Crippen molar-refractivity contribution in [3.05, 3.63) is 35.4 Å². The van der Waals surface area contributed by atoms with Crippen molar-refractivity contribution < 1.29 is 0 Å². The van der Waals surface area contributed by atoms with Crippen molar-refractivity contribution in [3.8, 4) is 0 Å². The Morgan fingerprint density at radius 1 is 1.22 bits per heavy atom. The van der Waals surface area contributed by atoms with E-state index in [1.807, 2.05) is 0 Å². The quantitative estimate of drug-likeness (QED) is 0.877. The SMILES string of the molecule is CCc1ccc2c(CNC(C)C)nc(CC)n2c1. The number of fused-ring (bicyclic) bond motifs is 1. The highest BCUT2D eigenvalue weighted by molar-refractivity contribution is 5.54. The number of imidazole rings is 1. The first-order valence-electron chi connectivity index (χ1n) is 6.87. The zero-order valence-corrected chi connectivity index (χ0v) is 11.8. The molecule has 2 aromatic rings. The van der Waals surface area contributed by atoms with Crippen LogP contribution in [0.5, 0.6) is 0 Å². The summed E-state index contributed by atoms with van der Waals surface area (Å²) in [5.74, 6) is 1.15. The molecule has 2 rings (SSSR count). The normalized spacial score (nSPS) is 11.6. The molecular weight excluding hydrogens is 222 g/mol. The maximum absolute atomic E-state index is 4.76. The summed E-state index contributed by atoms with van der Waals surface area (Å²) in [4.78, 5) is 4.76. The molecule has 0 radical (unpaired) electrons. The Kier molecular flexibility index (Phi) is 4.02. The maximum atomic E-state index is 4.76. The predicted molar refractivity (Wildman–Crippen MR) is 75.9 cm³/mol. The third kappa shape index (κ3) is 2.56. The number of nitrogens with one attached hydrogen (secondary N) is 1. The lowest BCUT2D eigenvalue weighted by Gasteiger charge is -2.06. The van der Waals surface area contributed by atoms with Gasteiger partial charge in [0.05, 0.1) is 11.2 Å². The molecule has 3 nitrogen and oxygen atoms in total. The van der Waals surface area contributed by atoms with E-state index < -0.39 is 0 Å². The second-order valence-electron chi connectivity index (χ2n) is 5.01. The fraction of sp³-hybridized carbons (Fsp3) is 0.533. The summed E-state index contributed by atoms with van der Waals surface area (Å²) in [7, 11) is 0. The molecule has 0 aliphatic carbocycles. The van der Waals surface area contributed by atoms with Gasteiger partial charge in [0.2, 0.25) is 0 Å². The predicted octanol–water partition coefficient (Wildman–Crippen LogP) is 2.96. The van der Waals surface area contributed by atoms with Crippen LogP contribution in [0.1, 0.15) is 44.8 Å². The summed E-state index contributed by atoms with van der Waals surface area (Å²) in [6, 6.07) is 4.89. The highest BCUT2D eigenvalue weighted by atomic mass is 15.0. The number of pyridine rings is 1. The van der Waals surface area contributed by atoms with Gasteiger partial charge in [-0.15, -0.1) is 0 Å². The molecule has 0 fully saturated rings. The van der Waals surface area contributed by atoms with Crippen LogP contribution in [0.3, 0.4) is 0 Å². The molecule has 2 aromatic heterocycles. The Bertz CT molecular complexity index is 526. The Hall–Kier alpha value is -1.35. The summed E-state index contributed by atoms with van der Waals surface area (Å²) in [6.45, 7) is 9.51. The monoisotopic (exact) mass is 245 g/mol. The van der Waals surface area contributed by atoms with Crippen molar-refractivity contribution in [1.29, 1.82) is 0 Å². The fourth-order valence-electron chi connectivity index (χ4n) is 2.15. The van der Waals surface area contributed by atoms with Gasteiger partial charge in [0.25, 0.3) is 0 Å². The molecule has 0 aromatic carbocycles. The highest BCUT2D eigenvalue weighted by Crippen LogP contribution is 2.16. The molecule has 0 bridgehead atoms. The first kappa shape index (κ1) is 13.1. The summed E-state index contributed by atoms with van der Waals surface area (Å²) in [5.41, 5.74) is 3.75. The molecule has 98 valence electrons. The smallest absolute Gasteiger partial charge is 0.113 e. The molecular formula is C15H23N3. The van der Waals surface area contributed by atoms with Crippen molar-refractivity contribution in [2.75, 3.05) is 0 Å². The zero-order chi connectivity index (χ0) is 13.1. The molecule has 0 saturated carbocycles. The third-order valence-corrected chi connectivity index (χ3v) is 3.25. The van der Waals surface area contributed by atoms with Crippen LogP contribution in [0.4, 0.5) is 0 Å². The molecule has 18 heavy (non-hydrogen) atoms. The Morgan fingerprint density at radius 2 is 2.00 bits per heavy atom. The van der Waals surface area contributed by atoms with Gasteiger partial charge in [-0.3, -0.25) is 0 Å². The standard InChI is InChI=1S/C15H23N3/c1-5-12-7-8-14-13(9-16-11(3)4)17-15(6-2)18(14)10-12/h7-8,10-11,16H,5-6,9H2,1-4H3. The first-order chi connectivity index (χ1) is 8.65. The summed E-state index contributed by atoms with van der Waals surface area (Å²) >= 11 is 0. The molecule has 0 atom stereocenters. The summed E-state index contributed by atoms with van der Waals surface area (Å²) < 4.78 is 2.25. The summed E-state index contributed by atoms with van der Waals surface area (Å²) in [5, 5.41) is 3.44. The molecule has 0 unspecified atom stereocenters. The van der Waals surface area contributed by atoms with Crippen LogP contribution in [0.25, 0.3) is 5.52 Å². The number of aryl methyl sites for hydroxylation is 2. The Morgan fingerprint density at radius 3 is 2.61 bits per heavy atom. The van der Waals surface area contributed by atoms with Crippen LogP contribution in [0.15, 0.2) is 18.3 Å². The van der Waals surface area contributed by atoms with E-state index >= 15 is 0 Å². The molecule has 0 aliphatic rings. The van der Waals surface area contributed by atoms with Gasteiger partial charge in [0, 0.05) is 25.2 Å². The van der Waals surface area contributed by atoms with E-state index in [4.69, 9.17) is 4.98 Å². The fourth-order valence-corrected chi connectivity index (χ4v) is 2.15. The number of rotatable bonds is 5. The second-order valence-corrected chi connectivity index (χ2v) is 5.01. The van der Waals surface area contributed by atoms with E-state index in [-0.39, 0.29) is 0 Å². The minimum absolute atomic E-state index is 0.488. The van der Waals surface area contributed by atoms with Gasteiger partial charge in [0.15, 0.2) is 0 Å². The van der Waals surface area contributed by atoms with Gasteiger partial charge < -0.3 is 9.72 Å². The lowest BCUT2D eigenvalue weighted by molar-refractivity contribution is 0.584. The minimum Gasteiger partial charge on any atom is -0.309 e. The van der Waals surface area contributed by atoms with E-state index in [9.17, 15) is 0 Å². The van der Waals surface area contributed by atoms with Gasteiger partial charge in [-0.25, -0.2) is 4.98 Å². The van der Waals surface area contributed by atoms with Crippen LogP contribution >= 0.6 is 0 Å². The lowest BCUT2D eigenvalue weighted by atomic mass is 10.2. The molecule has 3 heteroatoms.